The largest absolute Gasteiger partial charge is 0.497 e. The molecule has 6 nitrogen and oxygen atoms in total. The van der Waals surface area contributed by atoms with Gasteiger partial charge in [-0.05, 0) is 38.4 Å². The first kappa shape index (κ1) is 18.0. The van der Waals surface area contributed by atoms with Crippen molar-refractivity contribution >= 4 is 11.3 Å². The molecule has 0 unspecified atom stereocenters. The van der Waals surface area contributed by atoms with Gasteiger partial charge in [0, 0.05) is 24.2 Å². The molecule has 7 heteroatoms. The number of likely N-dealkylation sites (tertiary alicyclic amines) is 1. The minimum absolute atomic E-state index is 0.375. The SMILES string of the molecule is COc1ccc(-c2nc(CN3CCC[C@@H]3c3nccs3)c(C)o2)c(OC)c1. The van der Waals surface area contributed by atoms with Gasteiger partial charge in [-0.1, -0.05) is 0 Å². The van der Waals surface area contributed by atoms with Gasteiger partial charge in [0.15, 0.2) is 0 Å². The summed E-state index contributed by atoms with van der Waals surface area (Å²) in [7, 11) is 3.27. The van der Waals surface area contributed by atoms with Crippen LogP contribution in [0.15, 0.2) is 34.2 Å². The first-order chi connectivity index (χ1) is 13.2. The fourth-order valence-electron chi connectivity index (χ4n) is 3.55. The third-order valence-corrected chi connectivity index (χ3v) is 5.86. The van der Waals surface area contributed by atoms with Gasteiger partial charge in [0.25, 0.3) is 0 Å². The number of methoxy groups -OCH3 is 2. The highest BCUT2D eigenvalue weighted by Gasteiger charge is 2.29. The van der Waals surface area contributed by atoms with Gasteiger partial charge in [-0.2, -0.15) is 0 Å². The zero-order valence-electron chi connectivity index (χ0n) is 15.8. The van der Waals surface area contributed by atoms with E-state index in [0.717, 1.165) is 42.3 Å². The van der Waals surface area contributed by atoms with Crippen LogP contribution < -0.4 is 9.47 Å². The molecule has 27 heavy (non-hydrogen) atoms. The Hall–Kier alpha value is -2.38. The number of aromatic nitrogens is 2. The lowest BCUT2D eigenvalue weighted by molar-refractivity contribution is 0.244. The highest BCUT2D eigenvalue weighted by molar-refractivity contribution is 7.09. The Morgan fingerprint density at radius 2 is 2.19 bits per heavy atom. The third-order valence-electron chi connectivity index (χ3n) is 4.98. The molecule has 1 aromatic carbocycles. The van der Waals surface area contributed by atoms with Gasteiger partial charge in [-0.15, -0.1) is 11.3 Å². The summed E-state index contributed by atoms with van der Waals surface area (Å²) in [5.74, 6) is 2.84. The monoisotopic (exact) mass is 385 g/mol. The average molecular weight is 385 g/mol. The van der Waals surface area contributed by atoms with Crippen LogP contribution in [-0.2, 0) is 6.54 Å². The molecule has 0 aliphatic carbocycles. The highest BCUT2D eigenvalue weighted by atomic mass is 32.1. The second-order valence-electron chi connectivity index (χ2n) is 6.59. The maximum absolute atomic E-state index is 5.98. The van der Waals surface area contributed by atoms with Crippen LogP contribution >= 0.6 is 11.3 Å². The predicted molar refractivity (Wildman–Crippen MR) is 104 cm³/mol. The summed E-state index contributed by atoms with van der Waals surface area (Å²) in [5.41, 5.74) is 1.79. The van der Waals surface area contributed by atoms with Crippen molar-refractivity contribution in [3.05, 3.63) is 46.2 Å². The van der Waals surface area contributed by atoms with Gasteiger partial charge in [-0.3, -0.25) is 4.90 Å². The summed E-state index contributed by atoms with van der Waals surface area (Å²) in [5, 5.41) is 3.23. The van der Waals surface area contributed by atoms with Crippen molar-refractivity contribution in [3.8, 4) is 23.0 Å². The minimum Gasteiger partial charge on any atom is -0.497 e. The molecule has 0 saturated carbocycles. The number of thiazole rings is 1. The van der Waals surface area contributed by atoms with Crippen LogP contribution in [-0.4, -0.2) is 35.6 Å². The molecule has 0 amide bonds. The Morgan fingerprint density at radius 3 is 2.93 bits per heavy atom. The summed E-state index contributed by atoms with van der Waals surface area (Å²) < 4.78 is 16.7. The predicted octanol–water partition coefficient (Wildman–Crippen LogP) is 4.46. The van der Waals surface area contributed by atoms with E-state index in [-0.39, 0.29) is 0 Å². The van der Waals surface area contributed by atoms with E-state index in [0.29, 0.717) is 17.7 Å². The number of oxazole rings is 1. The number of nitrogens with zero attached hydrogens (tertiary/aromatic N) is 3. The van der Waals surface area contributed by atoms with Crippen LogP contribution in [0.3, 0.4) is 0 Å². The molecule has 0 radical (unpaired) electrons. The van der Waals surface area contributed by atoms with Gasteiger partial charge in [0.2, 0.25) is 5.89 Å². The zero-order valence-corrected chi connectivity index (χ0v) is 16.6. The van der Waals surface area contributed by atoms with Gasteiger partial charge >= 0.3 is 0 Å². The number of hydrogen-bond acceptors (Lipinski definition) is 7. The van der Waals surface area contributed by atoms with E-state index < -0.39 is 0 Å². The Labute approximate surface area is 162 Å². The van der Waals surface area contributed by atoms with Crippen molar-refractivity contribution in [2.75, 3.05) is 20.8 Å². The molecule has 0 spiro atoms. The number of hydrogen-bond donors (Lipinski definition) is 0. The molecule has 3 heterocycles. The second kappa shape index (κ2) is 7.70. The quantitative estimate of drug-likeness (QED) is 0.624. The molecule has 2 aromatic heterocycles. The normalized spacial score (nSPS) is 17.4. The van der Waals surface area contributed by atoms with Crippen molar-refractivity contribution in [2.45, 2.75) is 32.4 Å². The summed E-state index contributed by atoms with van der Waals surface area (Å²) in [6.45, 7) is 3.78. The Bertz CT molecular complexity index is 907. The molecular weight excluding hydrogens is 362 g/mol. The smallest absolute Gasteiger partial charge is 0.230 e. The first-order valence-corrected chi connectivity index (χ1v) is 9.89. The lowest BCUT2D eigenvalue weighted by Crippen LogP contribution is -2.23. The zero-order chi connectivity index (χ0) is 18.8. The number of rotatable bonds is 6. The summed E-state index contributed by atoms with van der Waals surface area (Å²) in [6, 6.07) is 6.02. The van der Waals surface area contributed by atoms with Gasteiger partial charge in [0.1, 0.15) is 22.3 Å². The molecule has 1 atom stereocenters. The topological polar surface area (TPSA) is 60.6 Å². The van der Waals surface area contributed by atoms with Gasteiger partial charge in [-0.25, -0.2) is 9.97 Å². The van der Waals surface area contributed by atoms with E-state index in [4.69, 9.17) is 18.9 Å². The molecule has 1 aliphatic heterocycles. The van der Waals surface area contributed by atoms with Crippen LogP contribution in [0.4, 0.5) is 0 Å². The molecular formula is C20H23N3O3S. The Kier molecular flexibility index (Phi) is 5.13. The summed E-state index contributed by atoms with van der Waals surface area (Å²) in [4.78, 5) is 11.7. The van der Waals surface area contributed by atoms with E-state index in [1.807, 2.05) is 36.7 Å². The van der Waals surface area contributed by atoms with Crippen LogP contribution in [0, 0.1) is 6.92 Å². The van der Waals surface area contributed by atoms with Crippen molar-refractivity contribution in [1.29, 1.82) is 0 Å². The summed E-state index contributed by atoms with van der Waals surface area (Å²) >= 11 is 1.72. The van der Waals surface area contributed by atoms with E-state index >= 15 is 0 Å². The molecule has 3 aromatic rings. The fraction of sp³-hybridized carbons (Fsp3) is 0.400. The highest BCUT2D eigenvalue weighted by Crippen LogP contribution is 2.36. The standard InChI is InChI=1S/C20H23N3O3S/c1-13-16(12-23-9-4-5-17(23)20-21-8-10-27-20)22-19(26-13)15-7-6-14(24-2)11-18(15)25-3/h6-8,10-11,17H,4-5,9,12H2,1-3H3/t17-/m1/s1. The van der Waals surface area contributed by atoms with Crippen LogP contribution in [0.1, 0.15) is 35.3 Å². The number of ether oxygens (including phenoxy) is 2. The van der Waals surface area contributed by atoms with E-state index in [1.54, 1.807) is 25.6 Å². The van der Waals surface area contributed by atoms with Crippen LogP contribution in [0.2, 0.25) is 0 Å². The van der Waals surface area contributed by atoms with E-state index in [9.17, 15) is 0 Å². The van der Waals surface area contributed by atoms with Gasteiger partial charge in [0.05, 0.1) is 31.5 Å². The summed E-state index contributed by atoms with van der Waals surface area (Å²) in [6.07, 6.45) is 4.20. The fourth-order valence-corrected chi connectivity index (χ4v) is 4.36. The third kappa shape index (κ3) is 3.57. The van der Waals surface area contributed by atoms with Crippen LogP contribution in [0.5, 0.6) is 11.5 Å². The second-order valence-corrected chi connectivity index (χ2v) is 7.51. The van der Waals surface area contributed by atoms with Crippen LogP contribution in [0.25, 0.3) is 11.5 Å². The molecule has 1 fully saturated rings. The van der Waals surface area contributed by atoms with Crippen molar-refractivity contribution in [2.24, 2.45) is 0 Å². The first-order valence-electron chi connectivity index (χ1n) is 9.01. The molecule has 142 valence electrons. The molecule has 1 aliphatic rings. The lowest BCUT2D eigenvalue weighted by Gasteiger charge is -2.21. The minimum atomic E-state index is 0.375. The molecule has 1 saturated heterocycles. The van der Waals surface area contributed by atoms with Gasteiger partial charge < -0.3 is 13.9 Å². The van der Waals surface area contributed by atoms with Crippen molar-refractivity contribution in [1.82, 2.24) is 14.9 Å². The molecule has 0 N–H and O–H groups in total. The molecule has 0 bridgehead atoms. The van der Waals surface area contributed by atoms with E-state index in [2.05, 4.69) is 9.88 Å². The Balaban J connectivity index is 1.59. The lowest BCUT2D eigenvalue weighted by atomic mass is 10.2. The maximum Gasteiger partial charge on any atom is 0.230 e. The van der Waals surface area contributed by atoms with Crippen molar-refractivity contribution in [3.63, 3.8) is 0 Å². The number of benzene rings is 1. The molecule has 4 rings (SSSR count). The number of aryl methyl sites for hydroxylation is 1. The van der Waals surface area contributed by atoms with E-state index in [1.165, 1.54) is 11.4 Å². The van der Waals surface area contributed by atoms with Crippen molar-refractivity contribution < 1.29 is 13.9 Å². The Morgan fingerprint density at radius 1 is 1.30 bits per heavy atom. The maximum atomic E-state index is 5.98. The average Bonchev–Trinajstić information content (AvgIpc) is 3.43.